The standard InChI is InChI=1S/C22H23F2N3O/c1-13-18(3-2-6-25-13)22(28)27-12-19(15-9-16(23)11-17(24)10-15)21-20(27)14-4-7-26(21)8-5-14/h2-3,6,9-11,14,19-21H,4-5,7-8,12H2,1H3/t19-,20+,21+/m1/s1. The number of carbonyl (C=O) groups excluding carboxylic acids is 1. The lowest BCUT2D eigenvalue weighted by Crippen LogP contribution is -2.60. The van der Waals surface area contributed by atoms with E-state index in [9.17, 15) is 13.6 Å². The average molecular weight is 383 g/mol. The zero-order chi connectivity index (χ0) is 19.4. The molecule has 5 heterocycles. The van der Waals surface area contributed by atoms with E-state index in [0.29, 0.717) is 29.3 Å². The van der Waals surface area contributed by atoms with Gasteiger partial charge in [0.1, 0.15) is 11.6 Å². The first-order chi connectivity index (χ1) is 13.5. The van der Waals surface area contributed by atoms with Crippen molar-refractivity contribution in [3.63, 3.8) is 0 Å². The number of amides is 1. The average Bonchev–Trinajstić information content (AvgIpc) is 3.11. The van der Waals surface area contributed by atoms with E-state index in [1.807, 2.05) is 17.9 Å². The molecule has 6 rings (SSSR count). The van der Waals surface area contributed by atoms with Crippen molar-refractivity contribution in [2.75, 3.05) is 19.6 Å². The summed E-state index contributed by atoms with van der Waals surface area (Å²) in [5.74, 6) is -0.780. The van der Waals surface area contributed by atoms with Crippen LogP contribution in [0.2, 0.25) is 0 Å². The molecule has 1 aromatic carbocycles. The third kappa shape index (κ3) is 2.73. The Balaban J connectivity index is 1.56. The van der Waals surface area contributed by atoms with Gasteiger partial charge in [0.15, 0.2) is 0 Å². The van der Waals surface area contributed by atoms with Gasteiger partial charge in [-0.05, 0) is 68.6 Å². The number of hydrogen-bond acceptors (Lipinski definition) is 3. The molecular formula is C22H23F2N3O. The summed E-state index contributed by atoms with van der Waals surface area (Å²) in [7, 11) is 0. The van der Waals surface area contributed by atoms with Crippen LogP contribution in [0.5, 0.6) is 0 Å². The quantitative estimate of drug-likeness (QED) is 0.798. The van der Waals surface area contributed by atoms with Crippen LogP contribution in [-0.4, -0.2) is 52.4 Å². The highest BCUT2D eigenvalue weighted by molar-refractivity contribution is 5.95. The van der Waals surface area contributed by atoms with Crippen molar-refractivity contribution in [2.45, 2.75) is 37.8 Å². The number of hydrogen-bond donors (Lipinski definition) is 0. The van der Waals surface area contributed by atoms with Gasteiger partial charge in [0, 0.05) is 36.5 Å². The van der Waals surface area contributed by atoms with E-state index in [1.165, 1.54) is 12.1 Å². The molecule has 1 amide bonds. The molecule has 4 aliphatic rings. The molecule has 0 saturated carbocycles. The van der Waals surface area contributed by atoms with Crippen LogP contribution in [0.4, 0.5) is 8.78 Å². The highest BCUT2D eigenvalue weighted by Gasteiger charge is 2.54. The van der Waals surface area contributed by atoms with Crippen molar-refractivity contribution >= 4 is 5.91 Å². The van der Waals surface area contributed by atoms with Gasteiger partial charge in [-0.2, -0.15) is 0 Å². The lowest BCUT2D eigenvalue weighted by atomic mass is 9.75. The minimum absolute atomic E-state index is 0.0197. The number of rotatable bonds is 2. The Morgan fingerprint density at radius 3 is 2.50 bits per heavy atom. The second-order valence-electron chi connectivity index (χ2n) is 8.26. The van der Waals surface area contributed by atoms with Crippen molar-refractivity contribution in [2.24, 2.45) is 5.92 Å². The fourth-order valence-corrected chi connectivity index (χ4v) is 5.60. The molecule has 0 spiro atoms. The van der Waals surface area contributed by atoms with Crippen molar-refractivity contribution < 1.29 is 13.6 Å². The van der Waals surface area contributed by atoms with Crippen molar-refractivity contribution in [3.05, 3.63) is 65.0 Å². The van der Waals surface area contributed by atoms with Gasteiger partial charge >= 0.3 is 0 Å². The first-order valence-electron chi connectivity index (χ1n) is 9.95. The van der Waals surface area contributed by atoms with Gasteiger partial charge in [-0.3, -0.25) is 14.7 Å². The lowest BCUT2D eigenvalue weighted by molar-refractivity contribution is -0.00347. The van der Waals surface area contributed by atoms with Crippen LogP contribution < -0.4 is 0 Å². The van der Waals surface area contributed by atoms with Gasteiger partial charge in [-0.25, -0.2) is 8.78 Å². The van der Waals surface area contributed by atoms with Crippen molar-refractivity contribution in [1.29, 1.82) is 0 Å². The van der Waals surface area contributed by atoms with E-state index in [2.05, 4.69) is 9.88 Å². The summed E-state index contributed by atoms with van der Waals surface area (Å²) in [5.41, 5.74) is 1.98. The Labute approximate surface area is 163 Å². The molecule has 4 nitrogen and oxygen atoms in total. The highest BCUT2D eigenvalue weighted by Crippen LogP contribution is 2.47. The van der Waals surface area contributed by atoms with Crippen LogP contribution in [0.25, 0.3) is 0 Å². The third-order valence-electron chi connectivity index (χ3n) is 6.81. The van der Waals surface area contributed by atoms with Crippen LogP contribution in [-0.2, 0) is 0 Å². The zero-order valence-corrected chi connectivity index (χ0v) is 15.8. The molecule has 2 bridgehead atoms. The number of fused-ring (bicyclic) bond motifs is 2. The number of halogens is 2. The Kier molecular flexibility index (Phi) is 4.19. The number of nitrogens with zero attached hydrogens (tertiary/aromatic N) is 3. The number of aromatic nitrogens is 1. The Bertz CT molecular complexity index is 905. The van der Waals surface area contributed by atoms with E-state index in [0.717, 1.165) is 32.0 Å². The maximum atomic E-state index is 13.9. The maximum absolute atomic E-state index is 13.9. The van der Waals surface area contributed by atoms with Crippen molar-refractivity contribution in [3.8, 4) is 0 Å². The Morgan fingerprint density at radius 1 is 1.11 bits per heavy atom. The maximum Gasteiger partial charge on any atom is 0.256 e. The van der Waals surface area contributed by atoms with Crippen LogP contribution in [0, 0.1) is 24.5 Å². The molecule has 146 valence electrons. The molecule has 4 aliphatic heterocycles. The van der Waals surface area contributed by atoms with Crippen LogP contribution in [0.3, 0.4) is 0 Å². The molecule has 0 aliphatic carbocycles. The van der Waals surface area contributed by atoms with Crippen molar-refractivity contribution in [1.82, 2.24) is 14.8 Å². The molecule has 28 heavy (non-hydrogen) atoms. The van der Waals surface area contributed by atoms with Gasteiger partial charge in [0.25, 0.3) is 5.91 Å². The molecule has 4 fully saturated rings. The summed E-state index contributed by atoms with van der Waals surface area (Å²) in [6.45, 7) is 4.32. The first-order valence-corrected chi connectivity index (χ1v) is 9.95. The molecule has 6 heteroatoms. The Hall–Kier alpha value is -2.34. The normalized spacial score (nSPS) is 31.1. The van der Waals surface area contributed by atoms with E-state index in [-0.39, 0.29) is 23.9 Å². The first kappa shape index (κ1) is 17.7. The minimum atomic E-state index is -0.560. The molecule has 0 radical (unpaired) electrons. The van der Waals surface area contributed by atoms with E-state index in [1.54, 1.807) is 12.3 Å². The van der Waals surface area contributed by atoms with Gasteiger partial charge in [0.2, 0.25) is 0 Å². The van der Waals surface area contributed by atoms with Gasteiger partial charge in [-0.15, -0.1) is 0 Å². The molecule has 0 N–H and O–H groups in total. The summed E-state index contributed by atoms with van der Waals surface area (Å²) in [5, 5.41) is 0. The highest BCUT2D eigenvalue weighted by atomic mass is 19.1. The molecule has 4 saturated heterocycles. The minimum Gasteiger partial charge on any atom is -0.333 e. The SMILES string of the molecule is Cc1ncccc1C(=O)N1C[C@H](c2cc(F)cc(F)c2)[C@H]2[C@@H]1C1CCN2CC1. The number of likely N-dealkylation sites (tertiary alicyclic amines) is 1. The van der Waals surface area contributed by atoms with Crippen LogP contribution >= 0.6 is 0 Å². The Morgan fingerprint density at radius 2 is 1.82 bits per heavy atom. The number of aryl methyl sites for hydroxylation is 1. The van der Waals surface area contributed by atoms with Gasteiger partial charge in [-0.1, -0.05) is 0 Å². The second kappa shape index (κ2) is 6.62. The molecule has 3 atom stereocenters. The van der Waals surface area contributed by atoms with Crippen LogP contribution in [0.1, 0.15) is 40.4 Å². The fraction of sp³-hybridized carbons (Fsp3) is 0.455. The summed E-state index contributed by atoms with van der Waals surface area (Å²) < 4.78 is 27.8. The largest absolute Gasteiger partial charge is 0.333 e. The van der Waals surface area contributed by atoms with E-state index in [4.69, 9.17) is 0 Å². The summed E-state index contributed by atoms with van der Waals surface area (Å²) in [4.78, 5) is 22.1. The smallest absolute Gasteiger partial charge is 0.256 e. The molecule has 1 aromatic heterocycles. The van der Waals surface area contributed by atoms with E-state index >= 15 is 0 Å². The number of piperidine rings is 3. The molecule has 2 aromatic rings. The number of carbonyl (C=O) groups is 1. The zero-order valence-electron chi connectivity index (χ0n) is 15.8. The molecule has 0 unspecified atom stereocenters. The summed E-state index contributed by atoms with van der Waals surface area (Å²) in [6, 6.07) is 7.57. The topological polar surface area (TPSA) is 36.4 Å². The summed E-state index contributed by atoms with van der Waals surface area (Å²) in [6.07, 6.45) is 3.83. The number of pyridine rings is 1. The van der Waals surface area contributed by atoms with Gasteiger partial charge in [0.05, 0.1) is 11.6 Å². The molecular weight excluding hydrogens is 360 g/mol. The second-order valence-corrected chi connectivity index (χ2v) is 8.26. The number of benzene rings is 1. The predicted molar refractivity (Wildman–Crippen MR) is 101 cm³/mol. The van der Waals surface area contributed by atoms with Gasteiger partial charge < -0.3 is 4.90 Å². The monoisotopic (exact) mass is 383 g/mol. The third-order valence-corrected chi connectivity index (χ3v) is 6.81. The summed E-state index contributed by atoms with van der Waals surface area (Å²) >= 11 is 0. The predicted octanol–water partition coefficient (Wildman–Crippen LogP) is 3.37. The van der Waals surface area contributed by atoms with E-state index < -0.39 is 11.6 Å². The van der Waals surface area contributed by atoms with Crippen LogP contribution in [0.15, 0.2) is 36.5 Å². The lowest BCUT2D eigenvalue weighted by Gasteiger charge is -2.51. The fourth-order valence-electron chi connectivity index (χ4n) is 5.60.